The van der Waals surface area contributed by atoms with Crippen molar-refractivity contribution in [2.75, 3.05) is 5.32 Å². The molecule has 0 atom stereocenters. The lowest BCUT2D eigenvalue weighted by molar-refractivity contribution is -0.383. The SMILES string of the molecule is O=C(O)c1cccc(Nc2ccc(-c3ccoc3)cc2[N+](=O)[O-])c1. The van der Waals surface area contributed by atoms with Gasteiger partial charge in [0, 0.05) is 17.3 Å². The Bertz CT molecular complexity index is 903. The largest absolute Gasteiger partial charge is 0.478 e. The number of anilines is 2. The molecule has 1 heterocycles. The second kappa shape index (κ2) is 6.25. The Morgan fingerprint density at radius 1 is 1.12 bits per heavy atom. The van der Waals surface area contributed by atoms with E-state index >= 15 is 0 Å². The zero-order valence-corrected chi connectivity index (χ0v) is 12.3. The number of aromatic carboxylic acids is 1. The van der Waals surface area contributed by atoms with E-state index < -0.39 is 10.9 Å². The standard InChI is InChI=1S/C17H12N2O5/c20-17(21)12-2-1-3-14(8-12)18-15-5-4-11(9-16(15)19(22)23)13-6-7-24-10-13/h1-10,18H,(H,20,21). The van der Waals surface area contributed by atoms with Gasteiger partial charge in [0.2, 0.25) is 0 Å². The normalized spacial score (nSPS) is 10.3. The third kappa shape index (κ3) is 3.09. The lowest BCUT2D eigenvalue weighted by Gasteiger charge is -2.09. The van der Waals surface area contributed by atoms with Gasteiger partial charge in [-0.15, -0.1) is 0 Å². The molecule has 1 aromatic heterocycles. The molecule has 0 fully saturated rings. The van der Waals surface area contributed by atoms with E-state index in [1.165, 1.54) is 30.7 Å². The molecule has 0 saturated carbocycles. The summed E-state index contributed by atoms with van der Waals surface area (Å²) in [4.78, 5) is 21.9. The monoisotopic (exact) mass is 324 g/mol. The third-order valence-electron chi connectivity index (χ3n) is 3.44. The predicted octanol–water partition coefficient (Wildman–Crippen LogP) is 4.30. The zero-order valence-electron chi connectivity index (χ0n) is 12.3. The fourth-order valence-corrected chi connectivity index (χ4v) is 2.28. The van der Waals surface area contributed by atoms with Gasteiger partial charge in [-0.3, -0.25) is 10.1 Å². The summed E-state index contributed by atoms with van der Waals surface area (Å²) in [5.41, 5.74) is 2.09. The molecule has 0 radical (unpaired) electrons. The summed E-state index contributed by atoms with van der Waals surface area (Å²) in [6, 6.07) is 12.5. The van der Waals surface area contributed by atoms with Gasteiger partial charge in [-0.25, -0.2) is 4.79 Å². The molecule has 2 N–H and O–H groups in total. The van der Waals surface area contributed by atoms with Gasteiger partial charge in [-0.2, -0.15) is 0 Å². The molecule has 7 nitrogen and oxygen atoms in total. The van der Waals surface area contributed by atoms with Crippen LogP contribution < -0.4 is 5.32 Å². The van der Waals surface area contributed by atoms with Gasteiger partial charge in [-0.1, -0.05) is 12.1 Å². The molecule has 0 aliphatic heterocycles. The second-order valence-corrected chi connectivity index (χ2v) is 5.01. The summed E-state index contributed by atoms with van der Waals surface area (Å²) >= 11 is 0. The molecule has 120 valence electrons. The lowest BCUT2D eigenvalue weighted by atomic mass is 10.1. The Morgan fingerprint density at radius 2 is 1.96 bits per heavy atom. The van der Waals surface area contributed by atoms with E-state index in [1.54, 1.807) is 30.3 Å². The number of rotatable bonds is 5. The minimum atomic E-state index is -1.07. The molecule has 2 aromatic carbocycles. The molecule has 0 aliphatic carbocycles. The van der Waals surface area contributed by atoms with Crippen LogP contribution in [0, 0.1) is 10.1 Å². The highest BCUT2D eigenvalue weighted by Crippen LogP contribution is 2.32. The van der Waals surface area contributed by atoms with Crippen LogP contribution in [0.1, 0.15) is 10.4 Å². The van der Waals surface area contributed by atoms with Crippen LogP contribution in [0.4, 0.5) is 17.1 Å². The molecule has 0 unspecified atom stereocenters. The smallest absolute Gasteiger partial charge is 0.335 e. The molecular formula is C17H12N2O5. The number of benzene rings is 2. The first kappa shape index (κ1) is 15.3. The van der Waals surface area contributed by atoms with Crippen molar-refractivity contribution < 1.29 is 19.2 Å². The quantitative estimate of drug-likeness (QED) is 0.535. The van der Waals surface area contributed by atoms with Crippen molar-refractivity contribution in [1.82, 2.24) is 0 Å². The lowest BCUT2D eigenvalue weighted by Crippen LogP contribution is -2.00. The number of hydrogen-bond acceptors (Lipinski definition) is 5. The fourth-order valence-electron chi connectivity index (χ4n) is 2.28. The first-order valence-electron chi connectivity index (χ1n) is 6.96. The van der Waals surface area contributed by atoms with E-state index in [2.05, 4.69) is 5.32 Å². The minimum absolute atomic E-state index is 0.0951. The first-order chi connectivity index (χ1) is 11.5. The minimum Gasteiger partial charge on any atom is -0.478 e. The topological polar surface area (TPSA) is 106 Å². The molecule has 7 heteroatoms. The van der Waals surface area contributed by atoms with Crippen molar-refractivity contribution in [2.24, 2.45) is 0 Å². The van der Waals surface area contributed by atoms with Crippen molar-refractivity contribution in [3.05, 3.63) is 76.7 Å². The predicted molar refractivity (Wildman–Crippen MR) is 87.5 cm³/mol. The van der Waals surface area contributed by atoms with Gasteiger partial charge in [0.05, 0.1) is 23.0 Å². The molecule has 0 amide bonds. The first-order valence-corrected chi connectivity index (χ1v) is 6.96. The maximum atomic E-state index is 11.4. The number of nitrogens with one attached hydrogen (secondary N) is 1. The van der Waals surface area contributed by atoms with Crippen LogP contribution in [0.15, 0.2) is 65.5 Å². The number of nitrogens with zero attached hydrogens (tertiary/aromatic N) is 1. The second-order valence-electron chi connectivity index (χ2n) is 5.01. The fraction of sp³-hybridized carbons (Fsp3) is 0. The average Bonchev–Trinajstić information content (AvgIpc) is 3.09. The molecule has 0 spiro atoms. The van der Waals surface area contributed by atoms with Gasteiger partial charge >= 0.3 is 5.97 Å². The third-order valence-corrected chi connectivity index (χ3v) is 3.44. The van der Waals surface area contributed by atoms with Crippen LogP contribution in [-0.2, 0) is 0 Å². The summed E-state index contributed by atoms with van der Waals surface area (Å²) in [7, 11) is 0. The van der Waals surface area contributed by atoms with Crippen LogP contribution in [-0.4, -0.2) is 16.0 Å². The van der Waals surface area contributed by atoms with E-state index in [9.17, 15) is 14.9 Å². The van der Waals surface area contributed by atoms with Crippen LogP contribution >= 0.6 is 0 Å². The van der Waals surface area contributed by atoms with Crippen molar-refractivity contribution in [1.29, 1.82) is 0 Å². The number of nitro groups is 1. The average molecular weight is 324 g/mol. The van der Waals surface area contributed by atoms with Crippen LogP contribution in [0.2, 0.25) is 0 Å². The zero-order chi connectivity index (χ0) is 17.1. The van der Waals surface area contributed by atoms with Gasteiger partial charge in [0.1, 0.15) is 5.69 Å². The number of carboxylic acid groups (broad SMARTS) is 1. The van der Waals surface area contributed by atoms with Crippen LogP contribution in [0.5, 0.6) is 0 Å². The molecule has 0 saturated heterocycles. The Labute approximate surface area is 136 Å². The van der Waals surface area contributed by atoms with E-state index in [1.807, 2.05) is 0 Å². The van der Waals surface area contributed by atoms with Crippen molar-refractivity contribution in [3.63, 3.8) is 0 Å². The van der Waals surface area contributed by atoms with Crippen molar-refractivity contribution in [3.8, 4) is 11.1 Å². The molecule has 3 rings (SSSR count). The maximum Gasteiger partial charge on any atom is 0.335 e. The van der Waals surface area contributed by atoms with Gasteiger partial charge < -0.3 is 14.8 Å². The maximum absolute atomic E-state index is 11.4. The Morgan fingerprint density at radius 3 is 2.62 bits per heavy atom. The summed E-state index contributed by atoms with van der Waals surface area (Å²) < 4.78 is 4.99. The number of nitro benzene ring substituents is 1. The van der Waals surface area contributed by atoms with Gasteiger partial charge in [0.15, 0.2) is 0 Å². The number of carbonyl (C=O) groups is 1. The van der Waals surface area contributed by atoms with E-state index in [0.717, 1.165) is 5.56 Å². The highest BCUT2D eigenvalue weighted by atomic mass is 16.6. The molecular weight excluding hydrogens is 312 g/mol. The highest BCUT2D eigenvalue weighted by molar-refractivity contribution is 5.89. The molecule has 0 bridgehead atoms. The van der Waals surface area contributed by atoms with Crippen LogP contribution in [0.25, 0.3) is 11.1 Å². The summed E-state index contributed by atoms with van der Waals surface area (Å²) in [5.74, 6) is -1.07. The summed E-state index contributed by atoms with van der Waals surface area (Å²) in [6.07, 6.45) is 2.99. The number of furan rings is 1. The molecule has 24 heavy (non-hydrogen) atoms. The van der Waals surface area contributed by atoms with Crippen LogP contribution in [0.3, 0.4) is 0 Å². The van der Waals surface area contributed by atoms with Gasteiger partial charge in [-0.05, 0) is 35.9 Å². The van der Waals surface area contributed by atoms with Crippen molar-refractivity contribution >= 4 is 23.0 Å². The highest BCUT2D eigenvalue weighted by Gasteiger charge is 2.16. The van der Waals surface area contributed by atoms with E-state index in [4.69, 9.17) is 9.52 Å². The van der Waals surface area contributed by atoms with Crippen molar-refractivity contribution in [2.45, 2.75) is 0 Å². The number of carboxylic acids is 1. The Balaban J connectivity index is 1.97. The summed E-state index contributed by atoms with van der Waals surface area (Å²) in [6.45, 7) is 0. The summed E-state index contributed by atoms with van der Waals surface area (Å²) in [5, 5.41) is 23.3. The van der Waals surface area contributed by atoms with E-state index in [0.29, 0.717) is 11.3 Å². The molecule has 3 aromatic rings. The Kier molecular flexibility index (Phi) is 3.98. The van der Waals surface area contributed by atoms with Gasteiger partial charge in [0.25, 0.3) is 5.69 Å². The number of hydrogen-bond donors (Lipinski definition) is 2. The molecule has 0 aliphatic rings. The Hall–Kier alpha value is -3.61. The van der Waals surface area contributed by atoms with E-state index in [-0.39, 0.29) is 16.9 Å².